The van der Waals surface area contributed by atoms with E-state index in [0.717, 1.165) is 67.3 Å². The summed E-state index contributed by atoms with van der Waals surface area (Å²) in [5, 5.41) is 3.58. The normalized spacial score (nSPS) is 14.3. The Bertz CT molecular complexity index is 2350. The van der Waals surface area contributed by atoms with Crippen molar-refractivity contribution in [2.24, 2.45) is 9.98 Å². The van der Waals surface area contributed by atoms with Gasteiger partial charge in [0.1, 0.15) is 17.8 Å². The Labute approximate surface area is 279 Å². The van der Waals surface area contributed by atoms with Gasteiger partial charge < -0.3 is 16.8 Å². The maximum absolute atomic E-state index is 6.45. The molecule has 7 heteroatoms. The number of rotatable bonds is 6. The van der Waals surface area contributed by atoms with E-state index in [1.165, 1.54) is 0 Å². The van der Waals surface area contributed by atoms with Crippen LogP contribution in [-0.4, -0.2) is 21.2 Å². The van der Waals surface area contributed by atoms with Gasteiger partial charge in [0.25, 0.3) is 0 Å². The summed E-state index contributed by atoms with van der Waals surface area (Å²) in [6.07, 6.45) is -0.286. The number of hydrogen-bond acceptors (Lipinski definition) is 6. The minimum Gasteiger partial charge on any atom is -0.397 e. The van der Waals surface area contributed by atoms with Crippen molar-refractivity contribution in [3.8, 4) is 27.9 Å². The van der Waals surface area contributed by atoms with Gasteiger partial charge in [-0.05, 0) is 77.2 Å². The number of aryl methyl sites for hydroxylation is 1. The molecule has 1 atom stereocenters. The number of aromatic nitrogens is 2. The molecule has 48 heavy (non-hydrogen) atoms. The molecular formula is C41H33N7. The number of nitrogens with two attached hydrogens (primary N) is 2. The fourth-order valence-corrected chi connectivity index (χ4v) is 6.35. The lowest BCUT2D eigenvalue weighted by atomic mass is 9.92. The first kappa shape index (κ1) is 29.0. The van der Waals surface area contributed by atoms with E-state index in [2.05, 4.69) is 70.5 Å². The lowest BCUT2D eigenvalue weighted by Gasteiger charge is -2.24. The van der Waals surface area contributed by atoms with Crippen LogP contribution < -0.4 is 16.8 Å². The van der Waals surface area contributed by atoms with Crippen molar-refractivity contribution in [1.29, 1.82) is 0 Å². The molecule has 0 saturated heterocycles. The Morgan fingerprint density at radius 2 is 1.21 bits per heavy atom. The van der Waals surface area contributed by atoms with Gasteiger partial charge in [0.05, 0.1) is 22.4 Å². The Hall–Kier alpha value is -6.47. The highest BCUT2D eigenvalue weighted by Crippen LogP contribution is 2.38. The molecule has 1 aliphatic rings. The Kier molecular flexibility index (Phi) is 7.27. The van der Waals surface area contributed by atoms with Crippen LogP contribution in [0.25, 0.3) is 39.0 Å². The van der Waals surface area contributed by atoms with E-state index < -0.39 is 0 Å². The molecule has 232 valence electrons. The zero-order chi connectivity index (χ0) is 32.6. The monoisotopic (exact) mass is 623 g/mol. The van der Waals surface area contributed by atoms with Crippen molar-refractivity contribution in [3.63, 3.8) is 0 Å². The topological polar surface area (TPSA) is 107 Å². The molecule has 2 heterocycles. The second-order valence-corrected chi connectivity index (χ2v) is 11.9. The molecule has 0 aliphatic carbocycles. The molecule has 0 amide bonds. The molecule has 7 nitrogen and oxygen atoms in total. The molecule has 5 N–H and O–H groups in total. The van der Waals surface area contributed by atoms with E-state index in [-0.39, 0.29) is 6.17 Å². The van der Waals surface area contributed by atoms with E-state index in [9.17, 15) is 0 Å². The van der Waals surface area contributed by atoms with Crippen LogP contribution in [0.15, 0.2) is 156 Å². The van der Waals surface area contributed by atoms with Gasteiger partial charge in [0.2, 0.25) is 0 Å². The van der Waals surface area contributed by atoms with Gasteiger partial charge >= 0.3 is 0 Å². The van der Waals surface area contributed by atoms with Crippen LogP contribution in [0.2, 0.25) is 0 Å². The minimum absolute atomic E-state index is 0.286. The number of imidazole rings is 1. The first-order chi connectivity index (χ1) is 23.5. The SMILES string of the molecule is Cc1nc2ccccc2n1-c1cccc(-c2cc(N)c(N)cc2-c2cccc(C3=NC(c4ccccc4)=NC(c4ccccc4)N3)c2)c1. The van der Waals surface area contributed by atoms with Crippen molar-refractivity contribution in [2.45, 2.75) is 13.1 Å². The zero-order valence-corrected chi connectivity index (χ0v) is 26.4. The summed E-state index contributed by atoms with van der Waals surface area (Å²) < 4.78 is 2.18. The van der Waals surface area contributed by atoms with E-state index in [4.69, 9.17) is 26.4 Å². The third kappa shape index (κ3) is 5.37. The molecular weight excluding hydrogens is 591 g/mol. The number of para-hydroxylation sites is 2. The first-order valence-electron chi connectivity index (χ1n) is 15.9. The average Bonchev–Trinajstić information content (AvgIpc) is 3.49. The lowest BCUT2D eigenvalue weighted by Crippen LogP contribution is -2.33. The number of amidine groups is 2. The summed E-state index contributed by atoms with van der Waals surface area (Å²) >= 11 is 0. The van der Waals surface area contributed by atoms with Crippen molar-refractivity contribution < 1.29 is 0 Å². The zero-order valence-electron chi connectivity index (χ0n) is 26.4. The quantitative estimate of drug-likeness (QED) is 0.162. The Morgan fingerprint density at radius 3 is 1.96 bits per heavy atom. The molecule has 0 bridgehead atoms. The fourth-order valence-electron chi connectivity index (χ4n) is 6.35. The number of hydrogen-bond donors (Lipinski definition) is 3. The number of benzene rings is 6. The van der Waals surface area contributed by atoms with Gasteiger partial charge in [0.15, 0.2) is 5.84 Å². The third-order valence-electron chi connectivity index (χ3n) is 8.70. The number of nitrogen functional groups attached to an aromatic ring is 2. The molecule has 7 aromatic rings. The molecule has 0 fully saturated rings. The standard InChI is InChI=1S/C41H33N7/c1-26-44-37-20-8-9-21-38(37)48(26)32-19-11-17-30(23-32)34-25-36(43)35(42)24-33(34)29-16-10-18-31(22-29)41-46-39(27-12-4-2-5-13-27)45-40(47-41)28-14-6-3-7-15-28/h2-25,39H,42-43H2,1H3,(H,45,46,47). The molecule has 0 spiro atoms. The summed E-state index contributed by atoms with van der Waals surface area (Å²) in [6.45, 7) is 2.03. The molecule has 0 saturated carbocycles. The van der Waals surface area contributed by atoms with Crippen LogP contribution in [0.5, 0.6) is 0 Å². The number of nitrogens with zero attached hydrogens (tertiary/aromatic N) is 4. The smallest absolute Gasteiger partial charge is 0.159 e. The van der Waals surface area contributed by atoms with Crippen molar-refractivity contribution in [1.82, 2.24) is 14.9 Å². The molecule has 0 radical (unpaired) electrons. The molecule has 1 aliphatic heterocycles. The third-order valence-corrected chi connectivity index (χ3v) is 8.70. The second-order valence-electron chi connectivity index (χ2n) is 11.9. The van der Waals surface area contributed by atoms with Gasteiger partial charge in [-0.2, -0.15) is 0 Å². The minimum atomic E-state index is -0.286. The first-order valence-corrected chi connectivity index (χ1v) is 15.9. The Balaban J connectivity index is 1.23. The Morgan fingerprint density at radius 1 is 0.604 bits per heavy atom. The largest absolute Gasteiger partial charge is 0.397 e. The van der Waals surface area contributed by atoms with Crippen LogP contribution in [-0.2, 0) is 0 Å². The number of fused-ring (bicyclic) bond motifs is 1. The van der Waals surface area contributed by atoms with E-state index >= 15 is 0 Å². The van der Waals surface area contributed by atoms with E-state index in [1.807, 2.05) is 91.9 Å². The molecule has 6 aromatic carbocycles. The van der Waals surface area contributed by atoms with Crippen molar-refractivity contribution in [3.05, 3.63) is 168 Å². The van der Waals surface area contributed by atoms with Crippen molar-refractivity contribution in [2.75, 3.05) is 11.5 Å². The summed E-state index contributed by atoms with van der Waals surface area (Å²) in [6, 6.07) is 49.3. The maximum atomic E-state index is 6.45. The van der Waals surface area contributed by atoms with Crippen LogP contribution >= 0.6 is 0 Å². The summed E-state index contributed by atoms with van der Waals surface area (Å²) in [5.74, 6) is 2.35. The van der Waals surface area contributed by atoms with Crippen LogP contribution in [0, 0.1) is 6.92 Å². The summed E-state index contributed by atoms with van der Waals surface area (Å²) in [7, 11) is 0. The molecule has 1 aromatic heterocycles. The summed E-state index contributed by atoms with van der Waals surface area (Å²) in [5.41, 5.74) is 23.9. The predicted molar refractivity (Wildman–Crippen MR) is 197 cm³/mol. The second kappa shape index (κ2) is 12.0. The number of aliphatic imine (C=N–C) groups is 2. The highest BCUT2D eigenvalue weighted by Gasteiger charge is 2.22. The molecule has 1 unspecified atom stereocenters. The van der Waals surface area contributed by atoms with Gasteiger partial charge in [-0.3, -0.25) is 4.57 Å². The van der Waals surface area contributed by atoms with E-state index in [0.29, 0.717) is 17.2 Å². The highest BCUT2D eigenvalue weighted by molar-refractivity contribution is 6.13. The lowest BCUT2D eigenvalue weighted by molar-refractivity contribution is 0.674. The number of nitrogens with one attached hydrogen (secondary N) is 1. The maximum Gasteiger partial charge on any atom is 0.159 e. The van der Waals surface area contributed by atoms with Crippen LogP contribution in [0.4, 0.5) is 11.4 Å². The average molecular weight is 624 g/mol. The van der Waals surface area contributed by atoms with E-state index in [1.54, 1.807) is 0 Å². The van der Waals surface area contributed by atoms with Gasteiger partial charge in [-0.25, -0.2) is 15.0 Å². The van der Waals surface area contributed by atoms with Crippen molar-refractivity contribution >= 4 is 34.1 Å². The highest BCUT2D eigenvalue weighted by atomic mass is 15.2. The van der Waals surface area contributed by atoms with Gasteiger partial charge in [0, 0.05) is 16.8 Å². The van der Waals surface area contributed by atoms with Gasteiger partial charge in [-0.1, -0.05) is 103 Å². The number of anilines is 2. The van der Waals surface area contributed by atoms with Crippen LogP contribution in [0.3, 0.4) is 0 Å². The summed E-state index contributed by atoms with van der Waals surface area (Å²) in [4.78, 5) is 14.8. The fraction of sp³-hybridized carbons (Fsp3) is 0.0488. The van der Waals surface area contributed by atoms with Gasteiger partial charge in [-0.15, -0.1) is 0 Å². The van der Waals surface area contributed by atoms with Crippen LogP contribution in [0.1, 0.15) is 28.7 Å². The predicted octanol–water partition coefficient (Wildman–Crippen LogP) is 8.33. The molecule has 8 rings (SSSR count).